The summed E-state index contributed by atoms with van der Waals surface area (Å²) in [5.74, 6) is -1.33. The summed E-state index contributed by atoms with van der Waals surface area (Å²) < 4.78 is 0. The molecule has 1 saturated carbocycles. The monoisotopic (exact) mass is 273 g/mol. The van der Waals surface area contributed by atoms with Crippen LogP contribution in [0.5, 0.6) is 0 Å². The quantitative estimate of drug-likeness (QED) is 0.889. The molecule has 20 heavy (non-hydrogen) atoms. The SMILES string of the molecule is O=C(O)C1CCC(C(=O)Nc2ccc3c(c2)CCC3)C1. The van der Waals surface area contributed by atoms with Gasteiger partial charge >= 0.3 is 5.97 Å². The van der Waals surface area contributed by atoms with E-state index in [0.717, 1.165) is 18.5 Å². The lowest BCUT2D eigenvalue weighted by atomic mass is 10.0. The normalized spacial score (nSPS) is 24.4. The molecule has 1 amide bonds. The number of rotatable bonds is 3. The summed E-state index contributed by atoms with van der Waals surface area (Å²) in [7, 11) is 0. The fraction of sp³-hybridized carbons (Fsp3) is 0.500. The lowest BCUT2D eigenvalue weighted by molar-refractivity contribution is -0.141. The van der Waals surface area contributed by atoms with Gasteiger partial charge in [-0.1, -0.05) is 6.07 Å². The second-order valence-electron chi connectivity index (χ2n) is 5.87. The predicted molar refractivity (Wildman–Crippen MR) is 75.6 cm³/mol. The largest absolute Gasteiger partial charge is 0.481 e. The molecule has 2 aliphatic rings. The van der Waals surface area contributed by atoms with Gasteiger partial charge in [-0.3, -0.25) is 9.59 Å². The third-order valence-corrected chi connectivity index (χ3v) is 4.52. The van der Waals surface area contributed by atoms with Crippen molar-refractivity contribution in [3.8, 4) is 0 Å². The summed E-state index contributed by atoms with van der Waals surface area (Å²) in [4.78, 5) is 23.1. The van der Waals surface area contributed by atoms with Gasteiger partial charge in [-0.05, 0) is 61.8 Å². The molecule has 1 fully saturated rings. The minimum atomic E-state index is -0.780. The summed E-state index contributed by atoms with van der Waals surface area (Å²) >= 11 is 0. The van der Waals surface area contributed by atoms with Crippen molar-refractivity contribution in [2.45, 2.75) is 38.5 Å². The van der Waals surface area contributed by atoms with E-state index in [4.69, 9.17) is 5.11 Å². The Hall–Kier alpha value is -1.84. The van der Waals surface area contributed by atoms with Gasteiger partial charge in [0.15, 0.2) is 0 Å². The Kier molecular flexibility index (Phi) is 3.47. The Morgan fingerprint density at radius 2 is 1.85 bits per heavy atom. The molecule has 2 N–H and O–H groups in total. The number of carboxylic acids is 1. The maximum atomic E-state index is 12.2. The van der Waals surface area contributed by atoms with Crippen molar-refractivity contribution >= 4 is 17.6 Å². The molecule has 0 bridgehead atoms. The minimum absolute atomic E-state index is 0.0355. The van der Waals surface area contributed by atoms with E-state index < -0.39 is 5.97 Å². The zero-order chi connectivity index (χ0) is 14.1. The maximum absolute atomic E-state index is 12.2. The first-order valence-corrected chi connectivity index (χ1v) is 7.29. The van der Waals surface area contributed by atoms with Crippen molar-refractivity contribution in [2.24, 2.45) is 11.8 Å². The second kappa shape index (κ2) is 5.27. The molecule has 2 unspecified atom stereocenters. The Morgan fingerprint density at radius 3 is 2.60 bits per heavy atom. The van der Waals surface area contributed by atoms with E-state index >= 15 is 0 Å². The van der Waals surface area contributed by atoms with Crippen molar-refractivity contribution in [3.05, 3.63) is 29.3 Å². The number of fused-ring (bicyclic) bond motifs is 1. The zero-order valence-electron chi connectivity index (χ0n) is 11.4. The van der Waals surface area contributed by atoms with Crippen LogP contribution in [0.4, 0.5) is 5.69 Å². The van der Waals surface area contributed by atoms with E-state index in [1.165, 1.54) is 17.5 Å². The van der Waals surface area contributed by atoms with Gasteiger partial charge < -0.3 is 10.4 Å². The molecule has 4 heteroatoms. The number of nitrogens with one attached hydrogen (secondary N) is 1. The number of amides is 1. The fourth-order valence-corrected chi connectivity index (χ4v) is 3.34. The van der Waals surface area contributed by atoms with Gasteiger partial charge in [0, 0.05) is 11.6 Å². The highest BCUT2D eigenvalue weighted by Crippen LogP contribution is 2.32. The molecular formula is C16H19NO3. The van der Waals surface area contributed by atoms with Gasteiger partial charge in [0.2, 0.25) is 5.91 Å². The van der Waals surface area contributed by atoms with Crippen molar-refractivity contribution in [1.29, 1.82) is 0 Å². The van der Waals surface area contributed by atoms with Crippen molar-refractivity contribution in [2.75, 3.05) is 5.32 Å². The zero-order valence-corrected chi connectivity index (χ0v) is 11.4. The minimum Gasteiger partial charge on any atom is -0.481 e. The molecule has 2 aliphatic carbocycles. The van der Waals surface area contributed by atoms with Crippen LogP contribution in [-0.4, -0.2) is 17.0 Å². The molecule has 0 radical (unpaired) electrons. The number of aliphatic carboxylic acids is 1. The highest BCUT2D eigenvalue weighted by atomic mass is 16.4. The van der Waals surface area contributed by atoms with Gasteiger partial charge in [-0.2, -0.15) is 0 Å². The maximum Gasteiger partial charge on any atom is 0.306 e. The first kappa shape index (κ1) is 13.2. The Morgan fingerprint density at radius 1 is 1.10 bits per heavy atom. The predicted octanol–water partition coefficient (Wildman–Crippen LogP) is 2.61. The van der Waals surface area contributed by atoms with Crippen molar-refractivity contribution in [1.82, 2.24) is 0 Å². The van der Waals surface area contributed by atoms with Gasteiger partial charge in [-0.15, -0.1) is 0 Å². The lowest BCUT2D eigenvalue weighted by Crippen LogP contribution is -2.21. The summed E-state index contributed by atoms with van der Waals surface area (Å²) in [6.07, 6.45) is 5.16. The van der Waals surface area contributed by atoms with E-state index in [0.29, 0.717) is 19.3 Å². The number of benzene rings is 1. The van der Waals surface area contributed by atoms with Gasteiger partial charge in [0.25, 0.3) is 0 Å². The number of carbonyl (C=O) groups excluding carboxylic acids is 1. The summed E-state index contributed by atoms with van der Waals surface area (Å²) in [5, 5.41) is 11.9. The number of carbonyl (C=O) groups is 2. The van der Waals surface area contributed by atoms with E-state index in [2.05, 4.69) is 17.4 Å². The second-order valence-corrected chi connectivity index (χ2v) is 5.87. The fourth-order valence-electron chi connectivity index (χ4n) is 3.34. The molecule has 2 atom stereocenters. The van der Waals surface area contributed by atoms with Crippen molar-refractivity contribution in [3.63, 3.8) is 0 Å². The molecule has 0 aromatic heterocycles. The van der Waals surface area contributed by atoms with Crippen LogP contribution in [0.15, 0.2) is 18.2 Å². The third kappa shape index (κ3) is 2.55. The van der Waals surface area contributed by atoms with Gasteiger partial charge in [-0.25, -0.2) is 0 Å². The molecule has 0 saturated heterocycles. The van der Waals surface area contributed by atoms with E-state index in [1.54, 1.807) is 0 Å². The molecule has 106 valence electrons. The summed E-state index contributed by atoms with van der Waals surface area (Å²) in [6, 6.07) is 6.10. The topological polar surface area (TPSA) is 66.4 Å². The molecule has 0 heterocycles. The lowest BCUT2D eigenvalue weighted by Gasteiger charge is -2.12. The van der Waals surface area contributed by atoms with Crippen LogP contribution in [0.25, 0.3) is 0 Å². The summed E-state index contributed by atoms with van der Waals surface area (Å²) in [6.45, 7) is 0. The molecule has 1 aromatic carbocycles. The number of carboxylic acid groups (broad SMARTS) is 1. The average molecular weight is 273 g/mol. The van der Waals surface area contributed by atoms with Crippen LogP contribution in [-0.2, 0) is 22.4 Å². The molecular weight excluding hydrogens is 254 g/mol. The third-order valence-electron chi connectivity index (χ3n) is 4.52. The number of anilines is 1. The highest BCUT2D eigenvalue weighted by Gasteiger charge is 2.33. The number of hydrogen-bond donors (Lipinski definition) is 2. The van der Waals surface area contributed by atoms with E-state index in [1.807, 2.05) is 6.07 Å². The van der Waals surface area contributed by atoms with E-state index in [-0.39, 0.29) is 17.7 Å². The van der Waals surface area contributed by atoms with Gasteiger partial charge in [0.1, 0.15) is 0 Å². The Bertz CT molecular complexity index is 553. The van der Waals surface area contributed by atoms with Crippen LogP contribution < -0.4 is 5.32 Å². The summed E-state index contributed by atoms with van der Waals surface area (Å²) in [5.41, 5.74) is 3.56. The molecule has 1 aromatic rings. The highest BCUT2D eigenvalue weighted by molar-refractivity contribution is 5.93. The van der Waals surface area contributed by atoms with Gasteiger partial charge in [0.05, 0.1) is 5.92 Å². The van der Waals surface area contributed by atoms with Crippen LogP contribution in [0, 0.1) is 11.8 Å². The average Bonchev–Trinajstić information content (AvgIpc) is 3.07. The van der Waals surface area contributed by atoms with Crippen LogP contribution in [0.2, 0.25) is 0 Å². The van der Waals surface area contributed by atoms with Crippen molar-refractivity contribution < 1.29 is 14.7 Å². The number of aryl methyl sites for hydroxylation is 2. The molecule has 4 nitrogen and oxygen atoms in total. The first-order valence-electron chi connectivity index (χ1n) is 7.29. The Labute approximate surface area is 118 Å². The smallest absolute Gasteiger partial charge is 0.306 e. The van der Waals surface area contributed by atoms with E-state index in [9.17, 15) is 9.59 Å². The van der Waals surface area contributed by atoms with Crippen LogP contribution in [0.3, 0.4) is 0 Å². The Balaban J connectivity index is 1.63. The van der Waals surface area contributed by atoms with Crippen LogP contribution in [0.1, 0.15) is 36.8 Å². The number of hydrogen-bond acceptors (Lipinski definition) is 2. The first-order chi connectivity index (χ1) is 9.63. The molecule has 3 rings (SSSR count). The molecule has 0 spiro atoms. The van der Waals surface area contributed by atoms with Crippen LogP contribution >= 0.6 is 0 Å². The standard InChI is InChI=1S/C16H19NO3/c18-15(12-4-5-13(8-12)16(19)20)17-14-7-6-10-2-1-3-11(10)9-14/h6-7,9,12-13H,1-5,8H2,(H,17,18)(H,19,20). The molecule has 0 aliphatic heterocycles.